The number of rotatable bonds is 3. The summed E-state index contributed by atoms with van der Waals surface area (Å²) in [5, 5.41) is 3.40. The van der Waals surface area contributed by atoms with E-state index in [4.69, 9.17) is 0 Å². The van der Waals surface area contributed by atoms with Gasteiger partial charge in [-0.15, -0.1) is 0 Å². The zero-order chi connectivity index (χ0) is 14.2. The monoisotopic (exact) mass is 298 g/mol. The molecule has 2 fully saturated rings. The minimum atomic E-state index is -3.52. The van der Waals surface area contributed by atoms with E-state index in [2.05, 4.69) is 5.32 Å². The van der Waals surface area contributed by atoms with Gasteiger partial charge in [-0.1, -0.05) is 0 Å². The smallest absolute Gasteiger partial charge is 0.243 e. The molecule has 2 saturated heterocycles. The van der Waals surface area contributed by atoms with Crippen LogP contribution >= 0.6 is 0 Å². The summed E-state index contributed by atoms with van der Waals surface area (Å²) in [4.78, 5) is 0.184. The lowest BCUT2D eigenvalue weighted by Gasteiger charge is -2.28. The van der Waals surface area contributed by atoms with Crippen LogP contribution in [0.5, 0.6) is 0 Å². The molecule has 1 aromatic carbocycles. The molecule has 3 rings (SSSR count). The Morgan fingerprint density at radius 1 is 1.15 bits per heavy atom. The van der Waals surface area contributed by atoms with Gasteiger partial charge in [0, 0.05) is 18.6 Å². The van der Waals surface area contributed by atoms with E-state index in [1.807, 2.05) is 0 Å². The van der Waals surface area contributed by atoms with E-state index in [0.717, 1.165) is 32.2 Å². The molecule has 2 heterocycles. The van der Waals surface area contributed by atoms with Crippen LogP contribution < -0.4 is 5.32 Å². The zero-order valence-corrected chi connectivity index (χ0v) is 12.1. The second-order valence-electron chi connectivity index (χ2n) is 5.48. The van der Waals surface area contributed by atoms with Crippen LogP contribution in [0.15, 0.2) is 29.2 Å². The lowest BCUT2D eigenvalue weighted by molar-refractivity contribution is 0.322. The highest BCUT2D eigenvalue weighted by Crippen LogP contribution is 2.30. The first kappa shape index (κ1) is 14.0. The molecule has 1 aromatic rings. The van der Waals surface area contributed by atoms with Crippen LogP contribution in [0, 0.1) is 5.82 Å². The molecular weight excluding hydrogens is 279 g/mol. The lowest BCUT2D eigenvalue weighted by Crippen LogP contribution is -2.46. The molecule has 20 heavy (non-hydrogen) atoms. The van der Waals surface area contributed by atoms with Crippen molar-refractivity contribution in [2.75, 3.05) is 13.1 Å². The summed E-state index contributed by atoms with van der Waals surface area (Å²) >= 11 is 0. The van der Waals surface area contributed by atoms with E-state index >= 15 is 0 Å². The number of halogens is 1. The van der Waals surface area contributed by atoms with Crippen LogP contribution in [0.2, 0.25) is 0 Å². The molecule has 1 N–H and O–H groups in total. The molecule has 2 unspecified atom stereocenters. The minimum Gasteiger partial charge on any atom is -0.312 e. The van der Waals surface area contributed by atoms with Gasteiger partial charge in [0.05, 0.1) is 4.90 Å². The number of nitrogens with one attached hydrogen (secondary N) is 1. The molecule has 2 atom stereocenters. The largest absolute Gasteiger partial charge is 0.312 e. The van der Waals surface area contributed by atoms with Crippen molar-refractivity contribution in [1.82, 2.24) is 9.62 Å². The van der Waals surface area contributed by atoms with Gasteiger partial charge in [-0.3, -0.25) is 0 Å². The van der Waals surface area contributed by atoms with Crippen LogP contribution in [0.1, 0.15) is 25.7 Å². The van der Waals surface area contributed by atoms with Crippen molar-refractivity contribution < 1.29 is 12.8 Å². The maximum Gasteiger partial charge on any atom is 0.243 e. The number of benzene rings is 1. The second kappa shape index (κ2) is 5.42. The predicted octanol–water partition coefficient (Wildman–Crippen LogP) is 1.73. The average molecular weight is 298 g/mol. The van der Waals surface area contributed by atoms with Gasteiger partial charge < -0.3 is 5.32 Å². The molecular formula is C14H19FN2O2S. The van der Waals surface area contributed by atoms with Crippen molar-refractivity contribution in [3.63, 3.8) is 0 Å². The third-order valence-electron chi connectivity index (χ3n) is 4.23. The third kappa shape index (κ3) is 2.47. The summed E-state index contributed by atoms with van der Waals surface area (Å²) in [5.74, 6) is -0.417. The van der Waals surface area contributed by atoms with Crippen molar-refractivity contribution in [2.24, 2.45) is 0 Å². The van der Waals surface area contributed by atoms with Crippen molar-refractivity contribution in [3.8, 4) is 0 Å². The van der Waals surface area contributed by atoms with Gasteiger partial charge in [0.25, 0.3) is 0 Å². The Bertz CT molecular complexity index is 567. The Balaban J connectivity index is 1.87. The van der Waals surface area contributed by atoms with Crippen LogP contribution in [0.4, 0.5) is 4.39 Å². The van der Waals surface area contributed by atoms with E-state index in [0.29, 0.717) is 6.54 Å². The zero-order valence-electron chi connectivity index (χ0n) is 11.3. The van der Waals surface area contributed by atoms with Gasteiger partial charge in [-0.2, -0.15) is 4.31 Å². The van der Waals surface area contributed by atoms with Gasteiger partial charge in [0.15, 0.2) is 0 Å². The first-order valence-electron chi connectivity index (χ1n) is 7.10. The highest BCUT2D eigenvalue weighted by Gasteiger charge is 2.40. The second-order valence-corrected chi connectivity index (χ2v) is 7.37. The fraction of sp³-hybridized carbons (Fsp3) is 0.571. The molecule has 0 bridgehead atoms. The summed E-state index contributed by atoms with van der Waals surface area (Å²) < 4.78 is 39.9. The van der Waals surface area contributed by atoms with Crippen LogP contribution in [0.3, 0.4) is 0 Å². The van der Waals surface area contributed by atoms with Crippen LogP contribution in [0.25, 0.3) is 0 Å². The maximum atomic E-state index is 13.0. The molecule has 4 nitrogen and oxygen atoms in total. The van der Waals surface area contributed by atoms with Gasteiger partial charge in [0.1, 0.15) is 5.82 Å². The fourth-order valence-corrected chi connectivity index (χ4v) is 4.98. The molecule has 0 amide bonds. The Morgan fingerprint density at radius 3 is 2.55 bits per heavy atom. The van der Waals surface area contributed by atoms with Gasteiger partial charge in [-0.25, -0.2) is 12.8 Å². The lowest BCUT2D eigenvalue weighted by atomic mass is 10.1. The van der Waals surface area contributed by atoms with Gasteiger partial charge in [-0.05, 0) is 56.5 Å². The summed E-state index contributed by atoms with van der Waals surface area (Å²) in [6, 6.07) is 5.39. The average Bonchev–Trinajstić information content (AvgIpc) is 3.10. The summed E-state index contributed by atoms with van der Waals surface area (Å²) in [6.45, 7) is 1.52. The maximum absolute atomic E-state index is 13.0. The van der Waals surface area contributed by atoms with E-state index < -0.39 is 15.8 Å². The number of hydrogen-bond acceptors (Lipinski definition) is 3. The Hall–Kier alpha value is -0.980. The molecule has 0 aliphatic carbocycles. The van der Waals surface area contributed by atoms with Crippen LogP contribution in [-0.4, -0.2) is 37.9 Å². The quantitative estimate of drug-likeness (QED) is 0.924. The SMILES string of the molecule is O=S(=O)(c1ccc(F)cc1)N1CCCC1C1CCCN1. The van der Waals surface area contributed by atoms with Crippen molar-refractivity contribution in [3.05, 3.63) is 30.1 Å². The normalized spacial score (nSPS) is 28.1. The van der Waals surface area contributed by atoms with Crippen LogP contribution in [-0.2, 0) is 10.0 Å². The number of nitrogens with zero attached hydrogens (tertiary/aromatic N) is 1. The Labute approximate surface area is 119 Å². The molecule has 0 spiro atoms. The molecule has 110 valence electrons. The molecule has 0 saturated carbocycles. The molecule has 0 radical (unpaired) electrons. The number of sulfonamides is 1. The van der Waals surface area contributed by atoms with Gasteiger partial charge in [0.2, 0.25) is 10.0 Å². The molecule has 0 aromatic heterocycles. The van der Waals surface area contributed by atoms with E-state index in [9.17, 15) is 12.8 Å². The van der Waals surface area contributed by atoms with Crippen molar-refractivity contribution in [2.45, 2.75) is 42.7 Å². The van der Waals surface area contributed by atoms with Gasteiger partial charge >= 0.3 is 0 Å². The fourth-order valence-electron chi connectivity index (χ4n) is 3.25. The first-order chi connectivity index (χ1) is 9.59. The summed E-state index contributed by atoms with van der Waals surface area (Å²) in [7, 11) is -3.52. The minimum absolute atomic E-state index is 0.0348. The number of hydrogen-bond donors (Lipinski definition) is 1. The third-order valence-corrected chi connectivity index (χ3v) is 6.17. The molecule has 2 aliphatic rings. The Kier molecular flexibility index (Phi) is 3.79. The van der Waals surface area contributed by atoms with E-state index in [1.165, 1.54) is 24.3 Å². The first-order valence-corrected chi connectivity index (χ1v) is 8.54. The molecule has 2 aliphatic heterocycles. The standard InChI is InChI=1S/C14H19FN2O2S/c15-11-5-7-12(8-6-11)20(18,19)17-10-2-4-14(17)13-3-1-9-16-13/h5-8,13-14,16H,1-4,9-10H2. The summed E-state index contributed by atoms with van der Waals surface area (Å²) in [6.07, 6.45) is 3.92. The topological polar surface area (TPSA) is 49.4 Å². The highest BCUT2D eigenvalue weighted by molar-refractivity contribution is 7.89. The predicted molar refractivity (Wildman–Crippen MR) is 74.3 cm³/mol. The van der Waals surface area contributed by atoms with Crippen molar-refractivity contribution >= 4 is 10.0 Å². The van der Waals surface area contributed by atoms with E-state index in [-0.39, 0.29) is 17.0 Å². The Morgan fingerprint density at radius 2 is 1.90 bits per heavy atom. The molecule has 6 heteroatoms. The van der Waals surface area contributed by atoms with Crippen molar-refractivity contribution in [1.29, 1.82) is 0 Å². The van der Waals surface area contributed by atoms with E-state index in [1.54, 1.807) is 4.31 Å². The highest BCUT2D eigenvalue weighted by atomic mass is 32.2. The summed E-state index contributed by atoms with van der Waals surface area (Å²) in [5.41, 5.74) is 0.